The molecule has 0 bridgehead atoms. The van der Waals surface area contributed by atoms with Crippen LogP contribution in [0.25, 0.3) is 0 Å². The molecule has 0 spiro atoms. The molecule has 0 radical (unpaired) electrons. The highest BCUT2D eigenvalue weighted by Crippen LogP contribution is 2.26. The van der Waals surface area contributed by atoms with Gasteiger partial charge in [-0.05, 0) is 31.0 Å². The SMILES string of the molecule is CNC(=O)C1CCN(c2ccc(N)c(C(N)=O)c2)CC1. The van der Waals surface area contributed by atoms with E-state index in [9.17, 15) is 9.59 Å². The third-order valence-electron chi connectivity index (χ3n) is 3.78. The fraction of sp³-hybridized carbons (Fsp3) is 0.429. The fourth-order valence-electron chi connectivity index (χ4n) is 2.56. The number of hydrogen-bond acceptors (Lipinski definition) is 4. The van der Waals surface area contributed by atoms with Gasteiger partial charge in [0.2, 0.25) is 5.91 Å². The molecule has 1 heterocycles. The maximum Gasteiger partial charge on any atom is 0.250 e. The second-order valence-electron chi connectivity index (χ2n) is 5.01. The number of primary amides is 1. The number of nitrogens with zero attached hydrogens (tertiary/aromatic N) is 1. The molecular formula is C14H20N4O2. The number of nitrogens with two attached hydrogens (primary N) is 2. The predicted octanol–water partition coefficient (Wildman–Crippen LogP) is 0.330. The molecule has 0 saturated carbocycles. The number of nitrogen functional groups attached to an aromatic ring is 1. The lowest BCUT2D eigenvalue weighted by Gasteiger charge is -2.33. The van der Waals surface area contributed by atoms with Gasteiger partial charge in [0.05, 0.1) is 5.56 Å². The van der Waals surface area contributed by atoms with Crippen molar-refractivity contribution in [2.75, 3.05) is 30.8 Å². The Labute approximate surface area is 118 Å². The molecule has 0 atom stereocenters. The van der Waals surface area contributed by atoms with Crippen LogP contribution in [0.1, 0.15) is 23.2 Å². The van der Waals surface area contributed by atoms with Gasteiger partial charge in [0, 0.05) is 37.4 Å². The largest absolute Gasteiger partial charge is 0.398 e. The summed E-state index contributed by atoms with van der Waals surface area (Å²) in [7, 11) is 1.66. The Hall–Kier alpha value is -2.24. The number of hydrogen-bond donors (Lipinski definition) is 3. The number of carbonyl (C=O) groups excluding carboxylic acids is 2. The Kier molecular flexibility index (Phi) is 4.12. The van der Waals surface area contributed by atoms with E-state index in [1.165, 1.54) is 0 Å². The van der Waals surface area contributed by atoms with Crippen LogP contribution in [0.4, 0.5) is 11.4 Å². The quantitative estimate of drug-likeness (QED) is 0.692. The molecule has 6 nitrogen and oxygen atoms in total. The van der Waals surface area contributed by atoms with Gasteiger partial charge in [0.1, 0.15) is 0 Å². The molecule has 6 heteroatoms. The number of nitrogens with one attached hydrogen (secondary N) is 1. The molecule has 1 aliphatic rings. The van der Waals surface area contributed by atoms with Crippen LogP contribution >= 0.6 is 0 Å². The first-order valence-electron chi connectivity index (χ1n) is 6.68. The van der Waals surface area contributed by atoms with Gasteiger partial charge >= 0.3 is 0 Å². The number of anilines is 2. The molecule has 2 rings (SSSR count). The molecule has 20 heavy (non-hydrogen) atoms. The van der Waals surface area contributed by atoms with Crippen LogP contribution in [0, 0.1) is 5.92 Å². The summed E-state index contributed by atoms with van der Waals surface area (Å²) in [6.07, 6.45) is 1.60. The first kappa shape index (κ1) is 14.2. The van der Waals surface area contributed by atoms with Crippen LogP contribution in [0.3, 0.4) is 0 Å². The minimum Gasteiger partial charge on any atom is -0.398 e. The maximum absolute atomic E-state index is 11.6. The molecule has 0 unspecified atom stereocenters. The predicted molar refractivity (Wildman–Crippen MR) is 78.4 cm³/mol. The van der Waals surface area contributed by atoms with Crippen molar-refractivity contribution >= 4 is 23.2 Å². The molecule has 0 aliphatic carbocycles. The van der Waals surface area contributed by atoms with Crippen molar-refractivity contribution in [3.63, 3.8) is 0 Å². The summed E-state index contributed by atoms with van der Waals surface area (Å²) >= 11 is 0. The molecule has 1 aromatic carbocycles. The molecule has 1 aromatic rings. The summed E-state index contributed by atoms with van der Waals surface area (Å²) < 4.78 is 0. The lowest BCUT2D eigenvalue weighted by molar-refractivity contribution is -0.125. The Morgan fingerprint density at radius 1 is 1.30 bits per heavy atom. The first-order valence-corrected chi connectivity index (χ1v) is 6.68. The zero-order valence-corrected chi connectivity index (χ0v) is 11.6. The number of rotatable bonds is 3. The fourth-order valence-corrected chi connectivity index (χ4v) is 2.56. The van der Waals surface area contributed by atoms with Gasteiger partial charge in [-0.1, -0.05) is 0 Å². The van der Waals surface area contributed by atoms with E-state index in [0.717, 1.165) is 31.6 Å². The van der Waals surface area contributed by atoms with Gasteiger partial charge in [-0.3, -0.25) is 9.59 Å². The highest BCUT2D eigenvalue weighted by Gasteiger charge is 2.24. The Balaban J connectivity index is 2.09. The lowest BCUT2D eigenvalue weighted by atomic mass is 9.95. The van der Waals surface area contributed by atoms with Crippen molar-refractivity contribution < 1.29 is 9.59 Å². The average Bonchev–Trinajstić information content (AvgIpc) is 2.47. The number of piperidine rings is 1. The molecule has 1 aliphatic heterocycles. The number of amides is 2. The van der Waals surface area contributed by atoms with Crippen molar-refractivity contribution in [1.82, 2.24) is 5.32 Å². The number of carbonyl (C=O) groups is 2. The Morgan fingerprint density at radius 3 is 2.50 bits per heavy atom. The summed E-state index contributed by atoms with van der Waals surface area (Å²) in [4.78, 5) is 25.0. The monoisotopic (exact) mass is 276 g/mol. The number of benzene rings is 1. The van der Waals surface area contributed by atoms with E-state index in [4.69, 9.17) is 11.5 Å². The molecule has 1 fully saturated rings. The lowest BCUT2D eigenvalue weighted by Crippen LogP contribution is -2.39. The maximum atomic E-state index is 11.6. The van der Waals surface area contributed by atoms with E-state index in [2.05, 4.69) is 10.2 Å². The van der Waals surface area contributed by atoms with Gasteiger partial charge in [-0.25, -0.2) is 0 Å². The van der Waals surface area contributed by atoms with E-state index in [-0.39, 0.29) is 11.8 Å². The van der Waals surface area contributed by atoms with Gasteiger partial charge in [0.15, 0.2) is 0 Å². The van der Waals surface area contributed by atoms with Crippen molar-refractivity contribution in [2.24, 2.45) is 11.7 Å². The van der Waals surface area contributed by atoms with E-state index in [0.29, 0.717) is 11.3 Å². The van der Waals surface area contributed by atoms with Gasteiger partial charge < -0.3 is 21.7 Å². The summed E-state index contributed by atoms with van der Waals surface area (Å²) in [5.41, 5.74) is 12.7. The minimum atomic E-state index is -0.524. The van der Waals surface area contributed by atoms with Crippen LogP contribution in [0.2, 0.25) is 0 Å². The molecule has 108 valence electrons. The van der Waals surface area contributed by atoms with Crippen molar-refractivity contribution in [2.45, 2.75) is 12.8 Å². The normalized spacial score (nSPS) is 15.9. The van der Waals surface area contributed by atoms with Crippen LogP contribution in [-0.2, 0) is 4.79 Å². The van der Waals surface area contributed by atoms with Gasteiger partial charge in [-0.2, -0.15) is 0 Å². The van der Waals surface area contributed by atoms with Crippen LogP contribution in [-0.4, -0.2) is 32.0 Å². The summed E-state index contributed by atoms with van der Waals surface area (Å²) in [5, 5.41) is 2.69. The molecule has 1 saturated heterocycles. The van der Waals surface area contributed by atoms with Crippen LogP contribution in [0.15, 0.2) is 18.2 Å². The van der Waals surface area contributed by atoms with Gasteiger partial charge in [0.25, 0.3) is 5.91 Å². The van der Waals surface area contributed by atoms with Crippen molar-refractivity contribution in [3.05, 3.63) is 23.8 Å². The zero-order chi connectivity index (χ0) is 14.7. The van der Waals surface area contributed by atoms with Crippen LogP contribution in [0.5, 0.6) is 0 Å². The smallest absolute Gasteiger partial charge is 0.250 e. The summed E-state index contributed by atoms with van der Waals surface area (Å²) in [6, 6.07) is 5.29. The third kappa shape index (κ3) is 2.84. The highest BCUT2D eigenvalue weighted by atomic mass is 16.2. The second-order valence-corrected chi connectivity index (χ2v) is 5.01. The zero-order valence-electron chi connectivity index (χ0n) is 11.6. The van der Waals surface area contributed by atoms with Crippen molar-refractivity contribution in [1.29, 1.82) is 0 Å². The highest BCUT2D eigenvalue weighted by molar-refractivity contribution is 5.99. The third-order valence-corrected chi connectivity index (χ3v) is 3.78. The molecular weight excluding hydrogens is 256 g/mol. The Bertz CT molecular complexity index is 522. The first-order chi connectivity index (χ1) is 9.52. The summed E-state index contributed by atoms with van der Waals surface area (Å²) in [6.45, 7) is 1.56. The topological polar surface area (TPSA) is 101 Å². The Morgan fingerprint density at radius 2 is 1.95 bits per heavy atom. The molecule has 0 aromatic heterocycles. The van der Waals surface area contributed by atoms with E-state index < -0.39 is 5.91 Å². The van der Waals surface area contributed by atoms with E-state index >= 15 is 0 Å². The standard InChI is InChI=1S/C14H20N4O2/c1-17-14(20)9-4-6-18(7-5-9)10-2-3-12(15)11(8-10)13(16)19/h2-3,8-9H,4-7,15H2,1H3,(H2,16,19)(H,17,20). The molecule has 2 amide bonds. The van der Waals surface area contributed by atoms with E-state index in [1.54, 1.807) is 19.2 Å². The summed E-state index contributed by atoms with van der Waals surface area (Å²) in [5.74, 6) is -0.356. The second kappa shape index (κ2) is 5.81. The van der Waals surface area contributed by atoms with E-state index in [1.807, 2.05) is 6.07 Å². The van der Waals surface area contributed by atoms with Gasteiger partial charge in [-0.15, -0.1) is 0 Å². The molecule has 5 N–H and O–H groups in total. The average molecular weight is 276 g/mol. The minimum absolute atomic E-state index is 0.0700. The van der Waals surface area contributed by atoms with Crippen molar-refractivity contribution in [3.8, 4) is 0 Å². The van der Waals surface area contributed by atoms with Crippen LogP contribution < -0.4 is 21.7 Å².